The van der Waals surface area contributed by atoms with Crippen LogP contribution in [0.25, 0.3) is 22.2 Å². The number of carboxylic acids is 1. The molecule has 0 saturated heterocycles. The molecule has 1 heterocycles. The highest BCUT2D eigenvalue weighted by Crippen LogP contribution is 2.30. The number of aromatic carboxylic acids is 1. The summed E-state index contributed by atoms with van der Waals surface area (Å²) >= 11 is 0. The quantitative estimate of drug-likeness (QED) is 0.739. The van der Waals surface area contributed by atoms with Crippen molar-refractivity contribution in [1.82, 2.24) is 4.98 Å². The fraction of sp³-hybridized carbons (Fsp3) is 0.111. The number of methoxy groups -OCH3 is 1. The summed E-state index contributed by atoms with van der Waals surface area (Å²) < 4.78 is 46.1. The summed E-state index contributed by atoms with van der Waals surface area (Å²) in [5.41, 5.74) is 1.09. The minimum atomic E-state index is -4.87. The Balaban J connectivity index is 2.13. The third-order valence-electron chi connectivity index (χ3n) is 3.63. The highest BCUT2D eigenvalue weighted by Gasteiger charge is 2.31. The minimum Gasteiger partial charge on any atom is -0.497 e. The summed E-state index contributed by atoms with van der Waals surface area (Å²) in [6, 6.07) is 11.5. The average molecular weight is 363 g/mol. The lowest BCUT2D eigenvalue weighted by molar-refractivity contribution is -0.274. The number of hydrogen-bond donors (Lipinski definition) is 1. The normalized spacial score (nSPS) is 11.4. The first-order valence-corrected chi connectivity index (χ1v) is 7.35. The topological polar surface area (TPSA) is 68.7 Å². The number of alkyl halides is 3. The van der Waals surface area contributed by atoms with Crippen molar-refractivity contribution in [2.45, 2.75) is 6.36 Å². The summed E-state index contributed by atoms with van der Waals surface area (Å²) in [6.45, 7) is 0. The summed E-state index contributed by atoms with van der Waals surface area (Å²) in [4.78, 5) is 15.9. The number of nitrogens with zero attached hydrogens (tertiary/aromatic N) is 1. The molecule has 5 nitrogen and oxygen atoms in total. The maximum absolute atomic E-state index is 12.4. The number of carboxylic acid groups (broad SMARTS) is 1. The van der Waals surface area contributed by atoms with Crippen LogP contribution in [0.4, 0.5) is 13.2 Å². The van der Waals surface area contributed by atoms with E-state index in [0.717, 1.165) is 12.1 Å². The Morgan fingerprint density at radius 1 is 1.04 bits per heavy atom. The Bertz CT molecular complexity index is 969. The zero-order chi connectivity index (χ0) is 18.9. The molecular formula is C18H12F3NO4. The zero-order valence-electron chi connectivity index (χ0n) is 13.4. The van der Waals surface area contributed by atoms with E-state index in [0.29, 0.717) is 17.0 Å². The van der Waals surface area contributed by atoms with Crippen LogP contribution in [0.5, 0.6) is 11.5 Å². The lowest BCUT2D eigenvalue weighted by Crippen LogP contribution is -2.17. The number of benzene rings is 2. The minimum absolute atomic E-state index is 0.0523. The fourth-order valence-corrected chi connectivity index (χ4v) is 2.49. The molecule has 0 fully saturated rings. The predicted octanol–water partition coefficient (Wildman–Crippen LogP) is 4.51. The number of ether oxygens (including phenoxy) is 2. The van der Waals surface area contributed by atoms with Gasteiger partial charge in [0, 0.05) is 10.9 Å². The standard InChI is InChI=1S/C18H12F3NO4/c1-25-11-4-2-10(3-5-11)16-9-14(17(23)24)13-8-12(26-18(19,20)21)6-7-15(13)22-16/h2-9H,1H3,(H,23,24). The van der Waals surface area contributed by atoms with Gasteiger partial charge in [0.05, 0.1) is 23.9 Å². The van der Waals surface area contributed by atoms with Crippen molar-refractivity contribution in [1.29, 1.82) is 0 Å². The monoisotopic (exact) mass is 363 g/mol. The van der Waals surface area contributed by atoms with Crippen LogP contribution in [-0.4, -0.2) is 29.5 Å². The molecule has 0 saturated carbocycles. The second kappa shape index (κ2) is 6.55. The number of halogens is 3. The number of pyridine rings is 1. The molecule has 26 heavy (non-hydrogen) atoms. The number of carbonyl (C=O) groups is 1. The summed E-state index contributed by atoms with van der Waals surface area (Å²) in [5, 5.41) is 9.50. The van der Waals surface area contributed by atoms with Crippen LogP contribution in [0.15, 0.2) is 48.5 Å². The Labute approximate surface area is 145 Å². The maximum atomic E-state index is 12.4. The molecule has 0 aliphatic carbocycles. The van der Waals surface area contributed by atoms with Gasteiger partial charge >= 0.3 is 12.3 Å². The summed E-state index contributed by atoms with van der Waals surface area (Å²) in [7, 11) is 1.52. The van der Waals surface area contributed by atoms with Crippen molar-refractivity contribution in [3.63, 3.8) is 0 Å². The molecule has 0 radical (unpaired) electrons. The SMILES string of the molecule is COc1ccc(-c2cc(C(=O)O)c3cc(OC(F)(F)F)ccc3n2)cc1. The molecule has 0 spiro atoms. The van der Waals surface area contributed by atoms with E-state index in [2.05, 4.69) is 9.72 Å². The first-order chi connectivity index (χ1) is 12.3. The van der Waals surface area contributed by atoms with Gasteiger partial charge in [0.25, 0.3) is 0 Å². The van der Waals surface area contributed by atoms with E-state index in [1.807, 2.05) is 0 Å². The molecule has 3 aromatic rings. The van der Waals surface area contributed by atoms with Gasteiger partial charge in [-0.3, -0.25) is 0 Å². The molecule has 0 unspecified atom stereocenters. The largest absolute Gasteiger partial charge is 0.573 e. The van der Waals surface area contributed by atoms with E-state index in [4.69, 9.17) is 4.74 Å². The van der Waals surface area contributed by atoms with Crippen LogP contribution in [0.1, 0.15) is 10.4 Å². The Morgan fingerprint density at radius 2 is 1.69 bits per heavy atom. The summed E-state index contributed by atoms with van der Waals surface area (Å²) in [5.74, 6) is -1.16. The van der Waals surface area contributed by atoms with Crippen molar-refractivity contribution in [2.75, 3.05) is 7.11 Å². The van der Waals surface area contributed by atoms with Gasteiger partial charge in [-0.25, -0.2) is 9.78 Å². The Kier molecular flexibility index (Phi) is 4.41. The fourth-order valence-electron chi connectivity index (χ4n) is 2.49. The Morgan fingerprint density at radius 3 is 2.27 bits per heavy atom. The van der Waals surface area contributed by atoms with Gasteiger partial charge in [-0.1, -0.05) is 0 Å². The van der Waals surface area contributed by atoms with Crippen molar-refractivity contribution >= 4 is 16.9 Å². The van der Waals surface area contributed by atoms with E-state index in [1.54, 1.807) is 24.3 Å². The Hall–Kier alpha value is -3.29. The van der Waals surface area contributed by atoms with Crippen LogP contribution in [0, 0.1) is 0 Å². The molecular weight excluding hydrogens is 351 g/mol. The van der Waals surface area contributed by atoms with Crippen molar-refractivity contribution in [2.24, 2.45) is 0 Å². The lowest BCUT2D eigenvalue weighted by atomic mass is 10.0. The molecule has 3 rings (SSSR count). The van der Waals surface area contributed by atoms with Crippen LogP contribution in [0.2, 0.25) is 0 Å². The molecule has 2 aromatic carbocycles. The van der Waals surface area contributed by atoms with Crippen LogP contribution in [-0.2, 0) is 0 Å². The molecule has 0 aliphatic rings. The maximum Gasteiger partial charge on any atom is 0.573 e. The van der Waals surface area contributed by atoms with Gasteiger partial charge in [0.2, 0.25) is 0 Å². The van der Waals surface area contributed by atoms with Gasteiger partial charge < -0.3 is 14.6 Å². The highest BCUT2D eigenvalue weighted by atomic mass is 19.4. The van der Waals surface area contributed by atoms with Crippen LogP contribution in [0.3, 0.4) is 0 Å². The van der Waals surface area contributed by atoms with Gasteiger partial charge in [0.15, 0.2) is 0 Å². The molecule has 1 N–H and O–H groups in total. The van der Waals surface area contributed by atoms with Crippen molar-refractivity contribution in [3.05, 3.63) is 54.1 Å². The van der Waals surface area contributed by atoms with Gasteiger partial charge in [-0.15, -0.1) is 13.2 Å². The number of fused-ring (bicyclic) bond motifs is 1. The molecule has 0 aliphatic heterocycles. The smallest absolute Gasteiger partial charge is 0.497 e. The number of aromatic nitrogens is 1. The third kappa shape index (κ3) is 3.69. The van der Waals surface area contributed by atoms with E-state index >= 15 is 0 Å². The zero-order valence-corrected chi connectivity index (χ0v) is 13.4. The molecule has 134 valence electrons. The predicted molar refractivity (Wildman–Crippen MR) is 87.4 cm³/mol. The first kappa shape index (κ1) is 17.5. The highest BCUT2D eigenvalue weighted by molar-refractivity contribution is 6.04. The second-order valence-corrected chi connectivity index (χ2v) is 5.32. The van der Waals surface area contributed by atoms with Crippen LogP contribution < -0.4 is 9.47 Å². The van der Waals surface area contributed by atoms with E-state index in [9.17, 15) is 23.1 Å². The molecule has 8 heteroatoms. The molecule has 0 bridgehead atoms. The van der Waals surface area contributed by atoms with Gasteiger partial charge in [-0.2, -0.15) is 0 Å². The van der Waals surface area contributed by atoms with E-state index in [-0.39, 0.29) is 16.5 Å². The van der Waals surface area contributed by atoms with E-state index in [1.165, 1.54) is 19.2 Å². The number of hydrogen-bond acceptors (Lipinski definition) is 4. The molecule has 0 atom stereocenters. The van der Waals surface area contributed by atoms with Crippen molar-refractivity contribution in [3.8, 4) is 22.8 Å². The first-order valence-electron chi connectivity index (χ1n) is 7.35. The molecule has 1 aromatic heterocycles. The average Bonchev–Trinajstić information content (AvgIpc) is 2.59. The van der Waals surface area contributed by atoms with Gasteiger partial charge in [0.1, 0.15) is 11.5 Å². The lowest BCUT2D eigenvalue weighted by Gasteiger charge is -2.11. The van der Waals surface area contributed by atoms with Crippen LogP contribution >= 0.6 is 0 Å². The number of rotatable bonds is 4. The second-order valence-electron chi connectivity index (χ2n) is 5.32. The van der Waals surface area contributed by atoms with Gasteiger partial charge in [-0.05, 0) is 48.5 Å². The molecule has 0 amide bonds. The summed E-state index contributed by atoms with van der Waals surface area (Å²) in [6.07, 6.45) is -4.87. The third-order valence-corrected chi connectivity index (χ3v) is 3.63. The van der Waals surface area contributed by atoms with Crippen molar-refractivity contribution < 1.29 is 32.5 Å². The van der Waals surface area contributed by atoms with E-state index < -0.39 is 18.1 Å².